The van der Waals surface area contributed by atoms with E-state index in [0.717, 1.165) is 12.1 Å². The zero-order valence-electron chi connectivity index (χ0n) is 14.8. The van der Waals surface area contributed by atoms with Gasteiger partial charge in [-0.15, -0.1) is 0 Å². The van der Waals surface area contributed by atoms with Gasteiger partial charge in [-0.2, -0.15) is 0 Å². The van der Waals surface area contributed by atoms with Crippen LogP contribution in [0.3, 0.4) is 0 Å². The molecule has 0 unspecified atom stereocenters. The smallest absolute Gasteiger partial charge is 0.315 e. The van der Waals surface area contributed by atoms with Crippen LogP contribution in [0.4, 0.5) is 14.6 Å². The molecule has 3 aromatic rings. The molecule has 0 saturated heterocycles. The average molecular weight is 383 g/mol. The van der Waals surface area contributed by atoms with E-state index in [1.807, 2.05) is 6.92 Å². The normalized spacial score (nSPS) is 11.2. The number of nitrogens with zero attached hydrogens (tertiary/aromatic N) is 4. The van der Waals surface area contributed by atoms with Crippen LogP contribution in [0.5, 0.6) is 6.01 Å². The maximum absolute atomic E-state index is 13.7. The number of benzene rings is 1. The molecule has 0 bridgehead atoms. The largest absolute Gasteiger partial charge is 0.345 e. The summed E-state index contributed by atoms with van der Waals surface area (Å²) in [5, 5.41) is 6.37. The summed E-state index contributed by atoms with van der Waals surface area (Å²) in [7, 11) is 0. The number of aromatic nitrogens is 3. The number of nitrogens with one attached hydrogen (secondary N) is 1. The first-order valence-electron chi connectivity index (χ1n) is 8.31. The van der Waals surface area contributed by atoms with Gasteiger partial charge in [0.25, 0.3) is 5.91 Å². The third-order valence-electron chi connectivity index (χ3n) is 3.64. The second-order valence-corrected chi connectivity index (χ2v) is 5.50. The van der Waals surface area contributed by atoms with Gasteiger partial charge in [0.2, 0.25) is 0 Å². The van der Waals surface area contributed by atoms with Crippen molar-refractivity contribution >= 4 is 17.4 Å². The molecule has 0 aliphatic heterocycles. The van der Waals surface area contributed by atoms with E-state index >= 15 is 0 Å². The minimum atomic E-state index is -0.949. The first-order valence-corrected chi connectivity index (χ1v) is 8.31. The number of anilines is 1. The summed E-state index contributed by atoms with van der Waals surface area (Å²) in [5.41, 5.74) is 0.562. The van der Waals surface area contributed by atoms with Crippen molar-refractivity contribution in [2.24, 2.45) is 5.16 Å². The Bertz CT molecular complexity index is 975. The van der Waals surface area contributed by atoms with Gasteiger partial charge in [-0.25, -0.2) is 23.7 Å². The van der Waals surface area contributed by atoms with Crippen LogP contribution in [0, 0.1) is 11.6 Å². The van der Waals surface area contributed by atoms with Crippen LogP contribution >= 0.6 is 0 Å². The highest BCUT2D eigenvalue weighted by Gasteiger charge is 2.17. The van der Waals surface area contributed by atoms with E-state index in [1.165, 1.54) is 30.7 Å². The molecule has 0 radical (unpaired) electrons. The van der Waals surface area contributed by atoms with E-state index in [9.17, 15) is 13.6 Å². The molecule has 2 aromatic heterocycles. The summed E-state index contributed by atoms with van der Waals surface area (Å²) in [6.07, 6.45) is 5.06. The minimum absolute atomic E-state index is 0.109. The third-order valence-corrected chi connectivity index (χ3v) is 3.64. The molecular formula is C19H15F2N5O2. The first-order chi connectivity index (χ1) is 13.6. The molecule has 1 N–H and O–H groups in total. The number of rotatable bonds is 6. The number of hydrogen-bond donors (Lipinski definition) is 1. The molecule has 0 aliphatic carbocycles. The molecule has 0 fully saturated rings. The Kier molecular flexibility index (Phi) is 5.95. The maximum Gasteiger partial charge on any atom is 0.345 e. The van der Waals surface area contributed by atoms with Gasteiger partial charge in [0, 0.05) is 24.2 Å². The summed E-state index contributed by atoms with van der Waals surface area (Å²) in [5.74, 6) is -2.69. The topological polar surface area (TPSA) is 89.4 Å². The number of carbonyl (C=O) groups excluding carboxylic acids is 1. The van der Waals surface area contributed by atoms with Crippen LogP contribution in [-0.4, -0.2) is 26.6 Å². The Morgan fingerprint density at radius 2 is 1.79 bits per heavy atom. The Morgan fingerprint density at radius 1 is 1.07 bits per heavy atom. The number of halogens is 2. The molecule has 28 heavy (non-hydrogen) atoms. The molecule has 0 atom stereocenters. The van der Waals surface area contributed by atoms with Crippen LogP contribution in [0.1, 0.15) is 29.3 Å². The molecule has 0 aliphatic rings. The number of carbonyl (C=O) groups is 1. The number of pyridine rings is 1. The van der Waals surface area contributed by atoms with E-state index in [4.69, 9.17) is 4.84 Å². The highest BCUT2D eigenvalue weighted by atomic mass is 19.1. The molecule has 0 saturated carbocycles. The van der Waals surface area contributed by atoms with Crippen molar-refractivity contribution in [1.82, 2.24) is 15.0 Å². The SMILES string of the molecule is CCC(=NOc1ncccn1)c1ccc(NC(=O)c2c(F)cccc2F)nc1. The second-order valence-electron chi connectivity index (χ2n) is 5.50. The quantitative estimate of drug-likeness (QED) is 0.519. The fourth-order valence-electron chi connectivity index (χ4n) is 2.28. The van der Waals surface area contributed by atoms with E-state index in [0.29, 0.717) is 17.7 Å². The number of hydrogen-bond acceptors (Lipinski definition) is 6. The van der Waals surface area contributed by atoms with E-state index < -0.39 is 23.1 Å². The molecule has 0 spiro atoms. The van der Waals surface area contributed by atoms with Crippen molar-refractivity contribution in [3.05, 3.63) is 77.8 Å². The second kappa shape index (κ2) is 8.76. The molecule has 142 valence electrons. The van der Waals surface area contributed by atoms with Crippen LogP contribution in [0.2, 0.25) is 0 Å². The molecule has 2 heterocycles. The van der Waals surface area contributed by atoms with Gasteiger partial charge >= 0.3 is 6.01 Å². The van der Waals surface area contributed by atoms with Gasteiger partial charge in [-0.1, -0.05) is 18.1 Å². The zero-order chi connectivity index (χ0) is 19.9. The lowest BCUT2D eigenvalue weighted by molar-refractivity contribution is 0.101. The fourth-order valence-corrected chi connectivity index (χ4v) is 2.28. The summed E-state index contributed by atoms with van der Waals surface area (Å²) in [6.45, 7) is 1.88. The molecular weight excluding hydrogens is 368 g/mol. The highest BCUT2D eigenvalue weighted by Crippen LogP contribution is 2.15. The molecule has 1 aromatic carbocycles. The Balaban J connectivity index is 1.72. The van der Waals surface area contributed by atoms with E-state index in [1.54, 1.807) is 12.1 Å². The third kappa shape index (κ3) is 4.50. The van der Waals surface area contributed by atoms with Crippen LogP contribution in [0.15, 0.2) is 60.1 Å². The zero-order valence-corrected chi connectivity index (χ0v) is 14.8. The molecule has 1 amide bonds. The summed E-state index contributed by atoms with van der Waals surface area (Å²) >= 11 is 0. The average Bonchev–Trinajstić information content (AvgIpc) is 2.70. The lowest BCUT2D eigenvalue weighted by Gasteiger charge is -2.08. The number of oxime groups is 1. The molecule has 3 rings (SSSR count). The van der Waals surface area contributed by atoms with Gasteiger partial charge in [-0.05, 0) is 36.8 Å². The summed E-state index contributed by atoms with van der Waals surface area (Å²) in [6, 6.07) is 8.11. The van der Waals surface area contributed by atoms with Gasteiger partial charge in [-0.3, -0.25) is 4.79 Å². The van der Waals surface area contributed by atoms with Crippen molar-refractivity contribution < 1.29 is 18.4 Å². The Labute approximate surface area is 159 Å². The molecule has 7 nitrogen and oxygen atoms in total. The van der Waals surface area contributed by atoms with Crippen LogP contribution in [-0.2, 0) is 0 Å². The van der Waals surface area contributed by atoms with Crippen LogP contribution in [0.25, 0.3) is 0 Å². The standard InChI is InChI=1S/C19H15F2N5O2/c1-2-15(26-28-19-22-9-4-10-23-19)12-7-8-16(24-11-12)25-18(27)17-13(20)5-3-6-14(17)21/h3-11H,2H2,1H3,(H,24,25,27). The number of amides is 1. The predicted molar refractivity (Wildman–Crippen MR) is 98.0 cm³/mol. The van der Waals surface area contributed by atoms with Crippen molar-refractivity contribution in [3.63, 3.8) is 0 Å². The van der Waals surface area contributed by atoms with Gasteiger partial charge in [0.05, 0.1) is 5.71 Å². The molecule has 9 heteroatoms. The van der Waals surface area contributed by atoms with Gasteiger partial charge in [0.15, 0.2) is 0 Å². The van der Waals surface area contributed by atoms with Crippen molar-refractivity contribution in [3.8, 4) is 6.01 Å². The lowest BCUT2D eigenvalue weighted by Crippen LogP contribution is -2.16. The van der Waals surface area contributed by atoms with Crippen molar-refractivity contribution in [2.75, 3.05) is 5.32 Å². The van der Waals surface area contributed by atoms with Crippen molar-refractivity contribution in [1.29, 1.82) is 0 Å². The fraction of sp³-hybridized carbons (Fsp3) is 0.105. The van der Waals surface area contributed by atoms with Gasteiger partial charge in [0.1, 0.15) is 23.0 Å². The monoisotopic (exact) mass is 383 g/mol. The summed E-state index contributed by atoms with van der Waals surface area (Å²) in [4.78, 5) is 29.2. The Hall–Kier alpha value is -3.75. The van der Waals surface area contributed by atoms with E-state index in [2.05, 4.69) is 25.4 Å². The Morgan fingerprint density at radius 3 is 2.39 bits per heavy atom. The van der Waals surface area contributed by atoms with E-state index in [-0.39, 0.29) is 11.8 Å². The minimum Gasteiger partial charge on any atom is -0.315 e. The lowest BCUT2D eigenvalue weighted by atomic mass is 10.1. The highest BCUT2D eigenvalue weighted by molar-refractivity contribution is 6.04. The van der Waals surface area contributed by atoms with Crippen molar-refractivity contribution in [2.45, 2.75) is 13.3 Å². The van der Waals surface area contributed by atoms with Gasteiger partial charge < -0.3 is 10.2 Å². The van der Waals surface area contributed by atoms with Crippen LogP contribution < -0.4 is 10.2 Å². The summed E-state index contributed by atoms with van der Waals surface area (Å²) < 4.78 is 27.4. The predicted octanol–water partition coefficient (Wildman–Crippen LogP) is 3.60. The first kappa shape index (κ1) is 19.0. The maximum atomic E-state index is 13.7.